The highest BCUT2D eigenvalue weighted by molar-refractivity contribution is 7.89. The molecule has 3 nitrogen and oxygen atoms in total. The molecule has 0 spiro atoms. The van der Waals surface area contributed by atoms with E-state index in [-0.39, 0.29) is 12.1 Å². The predicted molar refractivity (Wildman–Crippen MR) is 52.6 cm³/mol. The standard InChI is InChI=1S/C9H7F6NO2S/c1-4-2-5(8(10,11)12)6(9(13,14)15)3-7(4)19(16,17)18/h2-3H,1H3,(H2,16,17,18). The van der Waals surface area contributed by atoms with Crippen molar-refractivity contribution >= 4 is 10.0 Å². The van der Waals surface area contributed by atoms with Crippen molar-refractivity contribution in [3.8, 4) is 0 Å². The largest absolute Gasteiger partial charge is 0.417 e. The van der Waals surface area contributed by atoms with E-state index in [1.807, 2.05) is 0 Å². The van der Waals surface area contributed by atoms with Gasteiger partial charge in [-0.1, -0.05) is 0 Å². The SMILES string of the molecule is Cc1cc(C(F)(F)F)c(C(F)(F)F)cc1S(N)(=O)=O. The lowest BCUT2D eigenvalue weighted by molar-refractivity contribution is -0.162. The average Bonchev–Trinajstić information content (AvgIpc) is 2.11. The Labute approximate surface area is 104 Å². The van der Waals surface area contributed by atoms with Gasteiger partial charge in [-0.3, -0.25) is 0 Å². The van der Waals surface area contributed by atoms with Gasteiger partial charge in [-0.2, -0.15) is 26.3 Å². The molecule has 19 heavy (non-hydrogen) atoms. The van der Waals surface area contributed by atoms with Crippen molar-refractivity contribution < 1.29 is 34.8 Å². The van der Waals surface area contributed by atoms with E-state index in [9.17, 15) is 34.8 Å². The van der Waals surface area contributed by atoms with Crippen LogP contribution in [-0.2, 0) is 22.4 Å². The topological polar surface area (TPSA) is 60.2 Å². The summed E-state index contributed by atoms with van der Waals surface area (Å²) in [6.07, 6.45) is -10.6. The van der Waals surface area contributed by atoms with Gasteiger partial charge in [0.05, 0.1) is 16.0 Å². The molecular formula is C9H7F6NO2S. The molecule has 0 aliphatic rings. The zero-order valence-electron chi connectivity index (χ0n) is 9.22. The van der Waals surface area contributed by atoms with Crippen molar-refractivity contribution in [3.05, 3.63) is 28.8 Å². The van der Waals surface area contributed by atoms with Gasteiger partial charge in [-0.05, 0) is 24.6 Å². The molecular weight excluding hydrogens is 300 g/mol. The fraction of sp³-hybridized carbons (Fsp3) is 0.333. The maximum absolute atomic E-state index is 12.5. The van der Waals surface area contributed by atoms with E-state index in [1.54, 1.807) is 0 Å². The Balaban J connectivity index is 3.76. The first kappa shape index (κ1) is 15.8. The molecule has 0 radical (unpaired) electrons. The van der Waals surface area contributed by atoms with Gasteiger partial charge in [0.2, 0.25) is 10.0 Å². The van der Waals surface area contributed by atoms with E-state index in [4.69, 9.17) is 0 Å². The summed E-state index contributed by atoms with van der Waals surface area (Å²) < 4.78 is 97.2. The van der Waals surface area contributed by atoms with E-state index < -0.39 is 44.0 Å². The van der Waals surface area contributed by atoms with Crippen LogP contribution >= 0.6 is 0 Å². The van der Waals surface area contributed by atoms with Crippen LogP contribution in [-0.4, -0.2) is 8.42 Å². The van der Waals surface area contributed by atoms with Gasteiger partial charge in [0.1, 0.15) is 0 Å². The molecule has 0 fully saturated rings. The van der Waals surface area contributed by atoms with Crippen molar-refractivity contribution in [1.29, 1.82) is 0 Å². The number of halogens is 6. The highest BCUT2D eigenvalue weighted by atomic mass is 32.2. The van der Waals surface area contributed by atoms with E-state index in [0.29, 0.717) is 0 Å². The lowest BCUT2D eigenvalue weighted by Gasteiger charge is -2.17. The van der Waals surface area contributed by atoms with Gasteiger partial charge in [0, 0.05) is 0 Å². The zero-order valence-corrected chi connectivity index (χ0v) is 10.0. The van der Waals surface area contributed by atoms with Gasteiger partial charge in [0.25, 0.3) is 0 Å². The number of rotatable bonds is 1. The molecule has 108 valence electrons. The molecule has 0 atom stereocenters. The predicted octanol–water partition coefficient (Wildman–Crippen LogP) is 2.68. The Morgan fingerprint density at radius 1 is 0.947 bits per heavy atom. The molecule has 0 aromatic heterocycles. The van der Waals surface area contributed by atoms with Gasteiger partial charge < -0.3 is 0 Å². The van der Waals surface area contributed by atoms with E-state index >= 15 is 0 Å². The number of alkyl halides is 6. The van der Waals surface area contributed by atoms with E-state index in [2.05, 4.69) is 5.14 Å². The molecule has 0 aliphatic heterocycles. The molecule has 2 N–H and O–H groups in total. The number of aryl methyl sites for hydroxylation is 1. The minimum absolute atomic E-state index is 0.104. The van der Waals surface area contributed by atoms with Crippen LogP contribution in [0.4, 0.5) is 26.3 Å². The smallest absolute Gasteiger partial charge is 0.225 e. The van der Waals surface area contributed by atoms with Crippen LogP contribution in [0.1, 0.15) is 16.7 Å². The fourth-order valence-electron chi connectivity index (χ4n) is 1.46. The number of hydrogen-bond acceptors (Lipinski definition) is 2. The number of hydrogen-bond donors (Lipinski definition) is 1. The van der Waals surface area contributed by atoms with E-state index in [1.165, 1.54) is 0 Å². The van der Waals surface area contributed by atoms with Crippen molar-refractivity contribution in [3.63, 3.8) is 0 Å². The molecule has 1 aromatic rings. The highest BCUT2D eigenvalue weighted by Crippen LogP contribution is 2.41. The minimum Gasteiger partial charge on any atom is -0.225 e. The molecule has 0 aliphatic carbocycles. The third-order valence-electron chi connectivity index (χ3n) is 2.23. The quantitative estimate of drug-likeness (QED) is 0.811. The summed E-state index contributed by atoms with van der Waals surface area (Å²) in [5.74, 6) is 0. The summed E-state index contributed by atoms with van der Waals surface area (Å²) in [6, 6.07) is 0.00998. The summed E-state index contributed by atoms with van der Waals surface area (Å²) in [5, 5.41) is 4.65. The molecule has 1 rings (SSSR count). The fourth-order valence-corrected chi connectivity index (χ4v) is 2.25. The molecule has 10 heteroatoms. The highest BCUT2D eigenvalue weighted by Gasteiger charge is 2.44. The second-order valence-corrected chi connectivity index (χ2v) is 5.23. The lowest BCUT2D eigenvalue weighted by Crippen LogP contribution is -2.20. The summed E-state index contributed by atoms with van der Waals surface area (Å²) in [6.45, 7) is 0.926. The molecule has 0 heterocycles. The third-order valence-corrected chi connectivity index (χ3v) is 3.29. The van der Waals surface area contributed by atoms with Crippen LogP contribution in [0.5, 0.6) is 0 Å². The maximum atomic E-state index is 12.5. The summed E-state index contributed by atoms with van der Waals surface area (Å²) in [5.41, 5.74) is -4.55. The van der Waals surface area contributed by atoms with Crippen LogP contribution in [0.25, 0.3) is 0 Å². The van der Waals surface area contributed by atoms with Crippen molar-refractivity contribution in [2.24, 2.45) is 5.14 Å². The lowest BCUT2D eigenvalue weighted by atomic mass is 10.0. The summed E-state index contributed by atoms with van der Waals surface area (Å²) >= 11 is 0. The molecule has 0 saturated heterocycles. The van der Waals surface area contributed by atoms with Gasteiger partial charge >= 0.3 is 12.4 Å². The normalized spacial score (nSPS) is 13.7. The Hall–Kier alpha value is -1.29. The Morgan fingerprint density at radius 2 is 1.32 bits per heavy atom. The Kier molecular flexibility index (Phi) is 3.63. The van der Waals surface area contributed by atoms with Crippen LogP contribution in [0.3, 0.4) is 0 Å². The molecule has 0 unspecified atom stereocenters. The van der Waals surface area contributed by atoms with Crippen molar-refractivity contribution in [2.75, 3.05) is 0 Å². The van der Waals surface area contributed by atoms with Gasteiger partial charge in [-0.15, -0.1) is 0 Å². The first-order valence-corrected chi connectivity index (χ1v) is 6.11. The van der Waals surface area contributed by atoms with E-state index in [0.717, 1.165) is 6.92 Å². The van der Waals surface area contributed by atoms with Crippen LogP contribution in [0.2, 0.25) is 0 Å². The monoisotopic (exact) mass is 307 g/mol. The third kappa shape index (κ3) is 3.38. The summed E-state index contributed by atoms with van der Waals surface area (Å²) in [4.78, 5) is -0.993. The number of benzene rings is 1. The Bertz CT molecular complexity index is 602. The number of sulfonamides is 1. The molecule has 0 bridgehead atoms. The molecule has 1 aromatic carbocycles. The minimum atomic E-state index is -5.35. The summed E-state index contributed by atoms with van der Waals surface area (Å²) in [7, 11) is -4.55. The van der Waals surface area contributed by atoms with Crippen LogP contribution in [0.15, 0.2) is 17.0 Å². The Morgan fingerprint density at radius 3 is 1.63 bits per heavy atom. The number of primary sulfonamides is 1. The van der Waals surface area contributed by atoms with Crippen LogP contribution < -0.4 is 5.14 Å². The first-order chi connectivity index (χ1) is 8.24. The average molecular weight is 307 g/mol. The van der Waals surface area contributed by atoms with Crippen molar-refractivity contribution in [2.45, 2.75) is 24.2 Å². The van der Waals surface area contributed by atoms with Crippen molar-refractivity contribution in [1.82, 2.24) is 0 Å². The first-order valence-electron chi connectivity index (χ1n) is 4.56. The molecule has 0 amide bonds. The number of nitrogens with two attached hydrogens (primary N) is 1. The van der Waals surface area contributed by atoms with Gasteiger partial charge in [0.15, 0.2) is 0 Å². The second-order valence-electron chi connectivity index (χ2n) is 3.70. The zero-order chi connectivity index (χ0) is 15.2. The second kappa shape index (κ2) is 4.37. The maximum Gasteiger partial charge on any atom is 0.417 e. The molecule has 0 saturated carbocycles. The van der Waals surface area contributed by atoms with Crippen LogP contribution in [0, 0.1) is 6.92 Å². The van der Waals surface area contributed by atoms with Gasteiger partial charge in [-0.25, -0.2) is 13.6 Å².